The number of benzene rings is 1. The number of amides is 7. The van der Waals surface area contributed by atoms with Crippen molar-refractivity contribution in [2.45, 2.75) is 131 Å². The summed E-state index contributed by atoms with van der Waals surface area (Å²) in [5.74, 6) is -10.3. The van der Waals surface area contributed by atoms with Gasteiger partial charge in [-0.15, -0.1) is 0 Å². The van der Waals surface area contributed by atoms with Crippen LogP contribution in [0.2, 0.25) is 0 Å². The van der Waals surface area contributed by atoms with Crippen LogP contribution in [-0.2, 0) is 44.9 Å². The molecule has 7 amide bonds. The Hall–Kier alpha value is -8.13. The van der Waals surface area contributed by atoms with Gasteiger partial charge in [0.25, 0.3) is 11.5 Å². The molecule has 454 valence electrons. The largest absolute Gasteiger partial charge is 0.481 e. The highest BCUT2D eigenvalue weighted by molar-refractivity contribution is 5.97. The lowest BCUT2D eigenvalue weighted by molar-refractivity contribution is -0.140. The monoisotopic (exact) mass is 1170 g/mol. The fourth-order valence-corrected chi connectivity index (χ4v) is 7.35. The fourth-order valence-electron chi connectivity index (χ4n) is 7.35. The predicted octanol–water partition coefficient (Wildman–Crippen LogP) is -9.40. The van der Waals surface area contributed by atoms with Gasteiger partial charge in [-0.3, -0.25) is 48.1 Å². The third kappa shape index (κ3) is 22.1. The van der Waals surface area contributed by atoms with E-state index in [4.69, 9.17) is 15.9 Å². The number of aliphatic carboxylic acids is 2. The number of aliphatic hydroxyl groups excluding tert-OH is 10. The van der Waals surface area contributed by atoms with Gasteiger partial charge in [0.1, 0.15) is 60.8 Å². The Labute approximate surface area is 464 Å². The van der Waals surface area contributed by atoms with E-state index in [1.54, 1.807) is 0 Å². The van der Waals surface area contributed by atoms with Crippen molar-refractivity contribution in [2.24, 2.45) is 0 Å². The number of carboxylic acid groups (broad SMARTS) is 2. The SMILES string of the molecule is CNC(=O)[C@H](CCC(=O)NC[C@H](O)[C@@H](O)[C@H](O)[C@H](O)CO)NC(=O)[C@H](CCC(=O)O)NC(=O)[C@H](CCC(=O)NC[C@H](O)[C@@H](O)[C@H](O)[C@H](O)CO)NC(=O)CC[C@H](NC(=O)c1ccc(NCc2cnc3nc(N)[nH]c(=O)c3n2)cc1)C(=O)O. The lowest BCUT2D eigenvalue weighted by Crippen LogP contribution is -2.57. The molecule has 35 heteroatoms. The molecule has 2 aromatic heterocycles. The van der Waals surface area contributed by atoms with Crippen molar-refractivity contribution in [1.82, 2.24) is 57.2 Å². The van der Waals surface area contributed by atoms with E-state index in [1.807, 2.05) is 0 Å². The molecule has 0 aliphatic rings. The van der Waals surface area contributed by atoms with Gasteiger partial charge in [0.15, 0.2) is 11.2 Å². The van der Waals surface area contributed by atoms with Crippen LogP contribution in [0.4, 0.5) is 11.6 Å². The van der Waals surface area contributed by atoms with Crippen LogP contribution in [0.1, 0.15) is 67.4 Å². The van der Waals surface area contributed by atoms with Gasteiger partial charge >= 0.3 is 11.9 Å². The van der Waals surface area contributed by atoms with E-state index >= 15 is 0 Å². The highest BCUT2D eigenvalue weighted by atomic mass is 16.4. The fraction of sp³-hybridized carbons (Fsp3) is 0.553. The molecular formula is C47H69N13O22. The summed E-state index contributed by atoms with van der Waals surface area (Å²) in [7, 11) is 1.16. The van der Waals surface area contributed by atoms with E-state index in [0.29, 0.717) is 11.4 Å². The van der Waals surface area contributed by atoms with Gasteiger partial charge < -0.3 is 110 Å². The van der Waals surface area contributed by atoms with Crippen molar-refractivity contribution in [2.75, 3.05) is 44.4 Å². The maximum absolute atomic E-state index is 14.0. The van der Waals surface area contributed by atoms with Crippen molar-refractivity contribution in [3.63, 3.8) is 0 Å². The number of aromatic nitrogens is 4. The molecule has 0 unspecified atom stereocenters. The van der Waals surface area contributed by atoms with Crippen molar-refractivity contribution >= 4 is 76.1 Å². The number of aliphatic hydroxyl groups is 10. The van der Waals surface area contributed by atoms with E-state index in [-0.39, 0.29) is 29.2 Å². The Balaban J connectivity index is 1.75. The van der Waals surface area contributed by atoms with Gasteiger partial charge in [-0.05, 0) is 49.9 Å². The molecule has 82 heavy (non-hydrogen) atoms. The van der Waals surface area contributed by atoms with Crippen LogP contribution in [0.25, 0.3) is 11.2 Å². The first-order chi connectivity index (χ1) is 38.7. The first-order valence-corrected chi connectivity index (χ1v) is 25.1. The van der Waals surface area contributed by atoms with E-state index in [2.05, 4.69) is 62.5 Å². The molecule has 0 aliphatic heterocycles. The molecule has 35 nitrogen and oxygen atoms in total. The Morgan fingerprint density at radius 1 is 0.585 bits per heavy atom. The summed E-state index contributed by atoms with van der Waals surface area (Å²) < 4.78 is 0. The molecule has 2 heterocycles. The molecule has 0 fully saturated rings. The van der Waals surface area contributed by atoms with Crippen molar-refractivity contribution in [3.8, 4) is 0 Å². The number of aromatic amines is 1. The highest BCUT2D eigenvalue weighted by Crippen LogP contribution is 2.14. The maximum Gasteiger partial charge on any atom is 0.326 e. The van der Waals surface area contributed by atoms with Gasteiger partial charge in [-0.25, -0.2) is 14.8 Å². The number of carboxylic acids is 2. The molecule has 3 rings (SSSR count). The molecule has 0 saturated heterocycles. The van der Waals surface area contributed by atoms with Crippen LogP contribution in [0, 0.1) is 0 Å². The standard InChI is InChI=1S/C47H69N13O22/c1-49-42(77)23(6-10-31(67)51-16-27(63)36(72)38(74)29(65)18-61)56-44(79)25(9-13-34(70)71)57-43(78)24(7-11-32(68)52-17-28(64)37(73)39(75)30(66)19-62)55-33(69)12-8-26(46(81)82)58-41(76)20-2-4-21(5-3-20)50-14-22-15-53-40-35(54-22)45(80)60-47(48)59-40/h2-5,15,23-30,36-39,50,61-66,72-75H,6-14,16-19H2,1H3,(H,49,77)(H,51,67)(H,52,68)(H,55,69)(H,56,79)(H,57,78)(H,58,76)(H,70,71)(H,81,82)(H3,48,53,59,60,80)/t23-,24-,25-,26-,27-,28-,29+,30+,36+,37+,38+,39+/m0/s1. The summed E-state index contributed by atoms with van der Waals surface area (Å²) in [4.78, 5) is 144. The Morgan fingerprint density at radius 2 is 1.05 bits per heavy atom. The smallest absolute Gasteiger partial charge is 0.326 e. The second kappa shape index (κ2) is 33.6. The highest BCUT2D eigenvalue weighted by Gasteiger charge is 2.34. The Morgan fingerprint density at radius 3 is 1.54 bits per heavy atom. The second-order valence-electron chi connectivity index (χ2n) is 18.4. The first kappa shape index (κ1) is 68.1. The number of anilines is 2. The predicted molar refractivity (Wildman–Crippen MR) is 278 cm³/mol. The van der Waals surface area contributed by atoms with E-state index in [9.17, 15) is 99.0 Å². The van der Waals surface area contributed by atoms with Crippen molar-refractivity contribution in [1.29, 1.82) is 0 Å². The minimum Gasteiger partial charge on any atom is -0.481 e. The number of hydrogen-bond acceptors (Lipinski definition) is 25. The summed E-state index contributed by atoms with van der Waals surface area (Å²) in [5.41, 5.74) is 5.70. The topological polar surface area (TPSA) is 590 Å². The molecule has 3 aromatic rings. The van der Waals surface area contributed by atoms with Crippen LogP contribution in [0.15, 0.2) is 35.3 Å². The average Bonchev–Trinajstić information content (AvgIpc) is 3.48. The molecule has 0 saturated carbocycles. The summed E-state index contributed by atoms with van der Waals surface area (Å²) in [6.45, 7) is -3.35. The van der Waals surface area contributed by atoms with Crippen LogP contribution >= 0.6 is 0 Å². The number of carbonyl (C=O) groups excluding carboxylic acids is 7. The van der Waals surface area contributed by atoms with E-state index < -0.39 is 210 Å². The van der Waals surface area contributed by atoms with Crippen LogP contribution < -0.4 is 53.8 Å². The number of nitrogens with two attached hydrogens (primary N) is 1. The van der Waals surface area contributed by atoms with Crippen LogP contribution in [0.5, 0.6) is 0 Å². The third-order valence-corrected chi connectivity index (χ3v) is 12.2. The van der Waals surface area contributed by atoms with Crippen molar-refractivity contribution < 1.29 is 104 Å². The number of hydrogen-bond donors (Lipinski definition) is 22. The molecule has 0 aliphatic carbocycles. The van der Waals surface area contributed by atoms with E-state index in [0.717, 1.165) is 7.05 Å². The number of H-pyrrole nitrogens is 1. The number of nitrogen functional groups attached to an aromatic ring is 1. The summed E-state index contributed by atoms with van der Waals surface area (Å²) >= 11 is 0. The molecule has 12 atom stereocenters. The zero-order valence-electron chi connectivity index (χ0n) is 43.9. The quantitative estimate of drug-likeness (QED) is 0.0257. The molecule has 0 radical (unpaired) electrons. The average molecular weight is 1170 g/mol. The Bertz CT molecular complexity index is 2720. The van der Waals surface area contributed by atoms with Gasteiger partial charge in [0.05, 0.1) is 43.9 Å². The lowest BCUT2D eigenvalue weighted by Gasteiger charge is -2.26. The van der Waals surface area contributed by atoms with Gasteiger partial charge in [0, 0.05) is 57.1 Å². The molecule has 1 aromatic carbocycles. The number of likely N-dealkylation sites (N-methyl/N-ethyl adjacent to an activating group) is 1. The van der Waals surface area contributed by atoms with Gasteiger partial charge in [0.2, 0.25) is 41.4 Å². The summed E-state index contributed by atoms with van der Waals surface area (Å²) in [6.07, 6.45) is -19.4. The second-order valence-corrected chi connectivity index (χ2v) is 18.4. The summed E-state index contributed by atoms with van der Waals surface area (Å²) in [6, 6.07) is -1.29. The lowest BCUT2D eigenvalue weighted by atomic mass is 10.0. The number of rotatable bonds is 36. The molecule has 23 N–H and O–H groups in total. The van der Waals surface area contributed by atoms with Gasteiger partial charge in [-0.2, -0.15) is 4.98 Å². The van der Waals surface area contributed by atoms with Crippen LogP contribution in [0.3, 0.4) is 0 Å². The normalized spacial score (nSPS) is 15.7. The third-order valence-electron chi connectivity index (χ3n) is 12.2. The Kier molecular flexibility index (Phi) is 27.9. The minimum atomic E-state index is -2.08. The summed E-state index contributed by atoms with van der Waals surface area (Å²) in [5, 5.41) is 136. The number of nitrogens with zero attached hydrogens (tertiary/aromatic N) is 3. The molecule has 0 bridgehead atoms. The zero-order valence-corrected chi connectivity index (χ0v) is 43.9. The molecular weight excluding hydrogens is 1100 g/mol. The number of carbonyl (C=O) groups is 9. The minimum absolute atomic E-state index is 0.0176. The molecule has 0 spiro atoms. The number of nitrogens with one attached hydrogen (secondary N) is 9. The van der Waals surface area contributed by atoms with Gasteiger partial charge in [-0.1, -0.05) is 0 Å². The number of fused-ring (bicyclic) bond motifs is 1. The first-order valence-electron chi connectivity index (χ1n) is 25.1. The van der Waals surface area contributed by atoms with Crippen molar-refractivity contribution in [3.05, 3.63) is 52.1 Å². The van der Waals surface area contributed by atoms with Crippen LogP contribution in [-0.4, -0.2) is 241 Å². The zero-order chi connectivity index (χ0) is 61.4. The van der Waals surface area contributed by atoms with E-state index in [1.165, 1.54) is 30.5 Å². The maximum atomic E-state index is 14.0.